The first kappa shape index (κ1) is 29.0. The minimum absolute atomic E-state index is 0.0771. The highest BCUT2D eigenvalue weighted by Crippen LogP contribution is 2.24. The number of rotatable bonds is 12. The van der Waals surface area contributed by atoms with Gasteiger partial charge in [0.05, 0.1) is 15.6 Å². The highest BCUT2D eigenvalue weighted by atomic mass is 35.5. The van der Waals surface area contributed by atoms with Crippen LogP contribution in [-0.2, 0) is 21.4 Å². The van der Waals surface area contributed by atoms with Crippen LogP contribution in [0.25, 0.3) is 0 Å². The number of aliphatic carboxylic acids is 1. The van der Waals surface area contributed by atoms with E-state index >= 15 is 0 Å². The van der Waals surface area contributed by atoms with Gasteiger partial charge in [0.2, 0.25) is 0 Å². The van der Waals surface area contributed by atoms with Crippen LogP contribution in [0.15, 0.2) is 36.7 Å². The van der Waals surface area contributed by atoms with Crippen molar-refractivity contribution in [3.63, 3.8) is 0 Å². The van der Waals surface area contributed by atoms with Crippen LogP contribution >= 0.6 is 23.2 Å². The maximum absolute atomic E-state index is 12.9. The normalized spacial score (nSPS) is 12.8. The summed E-state index contributed by atoms with van der Waals surface area (Å²) in [6, 6.07) is 5.00. The zero-order valence-electron chi connectivity index (χ0n) is 20.0. The Morgan fingerprint density at radius 3 is 1.97 bits per heavy atom. The highest BCUT2D eigenvalue weighted by molar-refractivity contribution is 7.87. The fraction of sp³-hybridized carbons (Fsp3) is 0.435. The summed E-state index contributed by atoms with van der Waals surface area (Å²) >= 11 is 12.0. The summed E-state index contributed by atoms with van der Waals surface area (Å²) in [5.41, 5.74) is 1.08. The number of amides is 1. The van der Waals surface area contributed by atoms with Crippen LogP contribution in [0.4, 0.5) is 5.69 Å². The van der Waals surface area contributed by atoms with E-state index in [0.717, 1.165) is 0 Å². The molecule has 0 bridgehead atoms. The summed E-state index contributed by atoms with van der Waals surface area (Å²) in [7, 11) is -4.02. The van der Waals surface area contributed by atoms with Gasteiger partial charge in [-0.2, -0.15) is 17.4 Å². The third kappa shape index (κ3) is 8.73. The van der Waals surface area contributed by atoms with Crippen molar-refractivity contribution >= 4 is 51.0 Å². The molecule has 1 atom stereocenters. The van der Waals surface area contributed by atoms with Gasteiger partial charge < -0.3 is 10.4 Å². The van der Waals surface area contributed by atoms with Gasteiger partial charge in [0.1, 0.15) is 6.04 Å². The molecule has 0 aliphatic rings. The lowest BCUT2D eigenvalue weighted by molar-refractivity contribution is -0.138. The number of anilines is 1. The molecule has 192 valence electrons. The molecule has 0 saturated heterocycles. The molecule has 1 heterocycles. The number of halogens is 2. The van der Waals surface area contributed by atoms with Crippen LogP contribution in [0.2, 0.25) is 10.0 Å². The fourth-order valence-electron chi connectivity index (χ4n) is 3.30. The Kier molecular flexibility index (Phi) is 10.5. The standard InChI is InChI=1S/C23H30Cl2N4O5S/c1-14(2)12-29(13-15(3)4)35(33,34)28-20(23(31)32)9-16-5-7-17(8-6-16)27-22(30)21-18(24)10-26-11-19(21)25/h5-8,10-11,14-15,20,28H,9,12-13H2,1-4H3,(H,27,30)(H,31,32). The molecular weight excluding hydrogens is 515 g/mol. The number of pyridine rings is 1. The maximum atomic E-state index is 12.9. The SMILES string of the molecule is CC(C)CN(CC(C)C)S(=O)(=O)NC(Cc1ccc(NC(=O)c2c(Cl)cncc2Cl)cc1)C(=O)O. The van der Waals surface area contributed by atoms with Gasteiger partial charge >= 0.3 is 5.97 Å². The predicted molar refractivity (Wildman–Crippen MR) is 137 cm³/mol. The van der Waals surface area contributed by atoms with E-state index in [1.807, 2.05) is 27.7 Å². The van der Waals surface area contributed by atoms with Crippen molar-refractivity contribution in [1.29, 1.82) is 0 Å². The Bertz CT molecular complexity index is 1110. The molecule has 0 saturated carbocycles. The molecule has 0 radical (unpaired) electrons. The van der Waals surface area contributed by atoms with E-state index in [-0.39, 0.29) is 47.0 Å². The molecule has 0 fully saturated rings. The van der Waals surface area contributed by atoms with Crippen molar-refractivity contribution < 1.29 is 23.1 Å². The van der Waals surface area contributed by atoms with Crippen molar-refractivity contribution in [2.24, 2.45) is 11.8 Å². The van der Waals surface area contributed by atoms with Crippen molar-refractivity contribution in [3.05, 3.63) is 57.8 Å². The van der Waals surface area contributed by atoms with Gasteiger partial charge in [0, 0.05) is 31.2 Å². The highest BCUT2D eigenvalue weighted by Gasteiger charge is 2.30. The van der Waals surface area contributed by atoms with Crippen LogP contribution < -0.4 is 10.0 Å². The quantitative estimate of drug-likeness (QED) is 0.369. The van der Waals surface area contributed by atoms with Crippen LogP contribution in [-0.4, -0.2) is 53.8 Å². The summed E-state index contributed by atoms with van der Waals surface area (Å²) in [5.74, 6) is -1.66. The van der Waals surface area contributed by atoms with E-state index in [1.54, 1.807) is 24.3 Å². The Labute approximate surface area is 216 Å². The molecule has 9 nitrogen and oxygen atoms in total. The van der Waals surface area contributed by atoms with Gasteiger partial charge in [-0.05, 0) is 36.0 Å². The number of carbonyl (C=O) groups is 2. The summed E-state index contributed by atoms with van der Waals surface area (Å²) < 4.78 is 29.5. The molecule has 3 N–H and O–H groups in total. The fourth-order valence-corrected chi connectivity index (χ4v) is 5.52. The largest absolute Gasteiger partial charge is 0.480 e. The van der Waals surface area contributed by atoms with Crippen LogP contribution in [0, 0.1) is 11.8 Å². The Balaban J connectivity index is 2.13. The molecule has 2 rings (SSSR count). The monoisotopic (exact) mass is 544 g/mol. The topological polar surface area (TPSA) is 129 Å². The summed E-state index contributed by atoms with van der Waals surface area (Å²) in [5, 5.41) is 12.5. The predicted octanol–water partition coefficient (Wildman–Crippen LogP) is 4.08. The van der Waals surface area contributed by atoms with E-state index in [9.17, 15) is 23.1 Å². The molecule has 1 aromatic carbocycles. The van der Waals surface area contributed by atoms with Crippen LogP contribution in [0.3, 0.4) is 0 Å². The summed E-state index contributed by atoms with van der Waals surface area (Å²) in [4.78, 5) is 28.2. The van der Waals surface area contributed by atoms with Crippen LogP contribution in [0.1, 0.15) is 43.6 Å². The first-order valence-electron chi connectivity index (χ1n) is 11.0. The molecule has 1 aromatic heterocycles. The van der Waals surface area contributed by atoms with Crippen LogP contribution in [0.5, 0.6) is 0 Å². The van der Waals surface area contributed by atoms with Crippen molar-refractivity contribution in [1.82, 2.24) is 14.0 Å². The van der Waals surface area contributed by atoms with E-state index in [1.165, 1.54) is 16.7 Å². The van der Waals surface area contributed by atoms with Gasteiger partial charge in [-0.3, -0.25) is 14.6 Å². The van der Waals surface area contributed by atoms with E-state index in [0.29, 0.717) is 11.3 Å². The van der Waals surface area contributed by atoms with Gasteiger partial charge in [-0.25, -0.2) is 0 Å². The maximum Gasteiger partial charge on any atom is 0.322 e. The number of nitrogens with one attached hydrogen (secondary N) is 2. The first-order valence-corrected chi connectivity index (χ1v) is 13.2. The number of nitrogens with zero attached hydrogens (tertiary/aromatic N) is 2. The van der Waals surface area contributed by atoms with Crippen molar-refractivity contribution in [3.8, 4) is 0 Å². The molecule has 0 spiro atoms. The Hall–Kier alpha value is -2.24. The summed E-state index contributed by atoms with van der Waals surface area (Å²) in [6.07, 6.45) is 2.53. The zero-order chi connectivity index (χ0) is 26.3. The van der Waals surface area contributed by atoms with E-state index in [2.05, 4.69) is 15.0 Å². The smallest absolute Gasteiger partial charge is 0.322 e. The number of carboxylic acids is 1. The number of benzene rings is 1. The number of hydrogen-bond donors (Lipinski definition) is 3. The minimum Gasteiger partial charge on any atom is -0.480 e. The molecule has 1 amide bonds. The average Bonchev–Trinajstić information content (AvgIpc) is 2.73. The molecule has 0 aliphatic carbocycles. The third-order valence-corrected chi connectivity index (χ3v) is 6.93. The minimum atomic E-state index is -4.02. The first-order chi connectivity index (χ1) is 16.3. The lowest BCUT2D eigenvalue weighted by Gasteiger charge is -2.27. The van der Waals surface area contributed by atoms with E-state index < -0.39 is 28.1 Å². The molecule has 0 aliphatic heterocycles. The second kappa shape index (κ2) is 12.6. The second-order valence-electron chi connectivity index (χ2n) is 8.95. The number of aromatic nitrogens is 1. The Morgan fingerprint density at radius 2 is 1.51 bits per heavy atom. The number of carbonyl (C=O) groups excluding carboxylic acids is 1. The zero-order valence-corrected chi connectivity index (χ0v) is 22.3. The lowest BCUT2D eigenvalue weighted by atomic mass is 10.1. The Morgan fingerprint density at radius 1 is 1.00 bits per heavy atom. The number of carboxylic acid groups (broad SMARTS) is 1. The number of hydrogen-bond acceptors (Lipinski definition) is 5. The molecular formula is C23H30Cl2N4O5S. The summed E-state index contributed by atoms with van der Waals surface area (Å²) in [6.45, 7) is 8.14. The average molecular weight is 545 g/mol. The third-order valence-electron chi connectivity index (χ3n) is 4.80. The molecule has 1 unspecified atom stereocenters. The van der Waals surface area contributed by atoms with Gasteiger partial charge in [0.15, 0.2) is 0 Å². The van der Waals surface area contributed by atoms with Gasteiger partial charge in [0.25, 0.3) is 16.1 Å². The molecule has 35 heavy (non-hydrogen) atoms. The second-order valence-corrected chi connectivity index (χ2v) is 11.5. The van der Waals surface area contributed by atoms with Crippen molar-refractivity contribution in [2.45, 2.75) is 40.2 Å². The van der Waals surface area contributed by atoms with Gasteiger partial charge in [-0.15, -0.1) is 0 Å². The lowest BCUT2D eigenvalue weighted by Crippen LogP contribution is -2.50. The molecule has 2 aromatic rings. The van der Waals surface area contributed by atoms with Gasteiger partial charge in [-0.1, -0.05) is 63.0 Å². The van der Waals surface area contributed by atoms with Crippen molar-refractivity contribution in [2.75, 3.05) is 18.4 Å². The molecule has 12 heteroatoms. The van der Waals surface area contributed by atoms with E-state index in [4.69, 9.17) is 23.2 Å².